The topological polar surface area (TPSA) is 42.0 Å². The molecule has 26 heavy (non-hydrogen) atoms. The van der Waals surface area contributed by atoms with E-state index in [4.69, 9.17) is 9.47 Å². The first kappa shape index (κ1) is 17.3. The number of amides is 1. The maximum Gasteiger partial charge on any atom is 0.260 e. The molecule has 2 heterocycles. The maximum absolute atomic E-state index is 12.4. The predicted octanol–water partition coefficient (Wildman–Crippen LogP) is 2.54. The number of likely N-dealkylation sites (tertiary alicyclic amines) is 2. The third-order valence-corrected chi connectivity index (χ3v) is 5.62. The highest BCUT2D eigenvalue weighted by Crippen LogP contribution is 2.23. The van der Waals surface area contributed by atoms with Gasteiger partial charge in [0, 0.05) is 39.3 Å². The van der Waals surface area contributed by atoms with Crippen molar-refractivity contribution in [3.63, 3.8) is 0 Å². The van der Waals surface area contributed by atoms with Crippen molar-refractivity contribution >= 4 is 16.7 Å². The Morgan fingerprint density at radius 3 is 2.54 bits per heavy atom. The van der Waals surface area contributed by atoms with Gasteiger partial charge in [-0.1, -0.05) is 30.3 Å². The fourth-order valence-electron chi connectivity index (χ4n) is 3.86. The van der Waals surface area contributed by atoms with E-state index in [-0.39, 0.29) is 12.5 Å². The van der Waals surface area contributed by atoms with Crippen LogP contribution >= 0.6 is 0 Å². The zero-order valence-electron chi connectivity index (χ0n) is 15.3. The molecule has 0 spiro atoms. The minimum atomic E-state index is 0.0705. The molecule has 138 valence electrons. The Kier molecular flexibility index (Phi) is 5.09. The second kappa shape index (κ2) is 7.64. The van der Waals surface area contributed by atoms with Crippen LogP contribution in [0.4, 0.5) is 0 Å². The maximum atomic E-state index is 12.4. The lowest BCUT2D eigenvalue weighted by atomic mass is 10.0. The van der Waals surface area contributed by atoms with E-state index in [1.165, 1.54) is 5.39 Å². The molecular formula is C21H26N2O3. The summed E-state index contributed by atoms with van der Waals surface area (Å²) in [4.78, 5) is 16.7. The van der Waals surface area contributed by atoms with E-state index < -0.39 is 0 Å². The number of carbonyl (C=O) groups is 1. The summed E-state index contributed by atoms with van der Waals surface area (Å²) in [7, 11) is 1.79. The van der Waals surface area contributed by atoms with Crippen molar-refractivity contribution < 1.29 is 14.3 Å². The predicted molar refractivity (Wildman–Crippen MR) is 101 cm³/mol. The number of nitrogens with zero attached hydrogens (tertiary/aromatic N) is 2. The Hall–Kier alpha value is -2.11. The van der Waals surface area contributed by atoms with Crippen LogP contribution in [0.15, 0.2) is 42.5 Å². The number of ether oxygens (including phenoxy) is 2. The number of hydrogen-bond acceptors (Lipinski definition) is 4. The van der Waals surface area contributed by atoms with Gasteiger partial charge in [-0.25, -0.2) is 0 Å². The Balaban J connectivity index is 1.23. The Labute approximate surface area is 154 Å². The first-order valence-corrected chi connectivity index (χ1v) is 9.39. The molecule has 2 aliphatic heterocycles. The molecule has 2 fully saturated rings. The average molecular weight is 354 g/mol. The van der Waals surface area contributed by atoms with Crippen molar-refractivity contribution in [3.05, 3.63) is 42.5 Å². The molecule has 0 bridgehead atoms. The first-order chi connectivity index (χ1) is 12.7. The fraction of sp³-hybridized carbons (Fsp3) is 0.476. The van der Waals surface area contributed by atoms with Crippen LogP contribution in [0.25, 0.3) is 10.8 Å². The zero-order chi connectivity index (χ0) is 17.9. The van der Waals surface area contributed by atoms with Crippen molar-refractivity contribution in [2.45, 2.75) is 25.0 Å². The van der Waals surface area contributed by atoms with Crippen LogP contribution in [0.3, 0.4) is 0 Å². The van der Waals surface area contributed by atoms with Crippen molar-refractivity contribution in [3.8, 4) is 5.75 Å². The number of benzene rings is 2. The van der Waals surface area contributed by atoms with Gasteiger partial charge in [0.15, 0.2) is 6.61 Å². The summed E-state index contributed by atoms with van der Waals surface area (Å²) in [5.74, 6) is 0.817. The molecule has 2 aromatic carbocycles. The molecular weight excluding hydrogens is 328 g/mol. The van der Waals surface area contributed by atoms with Gasteiger partial charge in [0.1, 0.15) is 5.75 Å². The number of piperidine rings is 1. The van der Waals surface area contributed by atoms with Gasteiger partial charge in [-0.05, 0) is 35.7 Å². The lowest BCUT2D eigenvalue weighted by molar-refractivity contribution is -0.141. The molecule has 0 radical (unpaired) electrons. The third kappa shape index (κ3) is 3.69. The first-order valence-electron chi connectivity index (χ1n) is 9.39. The normalized spacial score (nSPS) is 19.5. The number of carbonyl (C=O) groups excluding carboxylic acids is 1. The number of fused-ring (bicyclic) bond motifs is 1. The van der Waals surface area contributed by atoms with Crippen LogP contribution in [0.5, 0.6) is 5.75 Å². The van der Waals surface area contributed by atoms with Gasteiger partial charge in [-0.2, -0.15) is 0 Å². The van der Waals surface area contributed by atoms with Crippen molar-refractivity contribution in [1.29, 1.82) is 0 Å². The summed E-state index contributed by atoms with van der Waals surface area (Å²) in [6.45, 7) is 3.88. The molecule has 0 atom stereocenters. The SMILES string of the molecule is COC1CCN(C2CN(C(=O)COc3ccc4ccccc4c3)C2)CC1. The molecule has 0 aromatic heterocycles. The van der Waals surface area contributed by atoms with Gasteiger partial charge in [0.05, 0.1) is 6.10 Å². The monoisotopic (exact) mass is 354 g/mol. The smallest absolute Gasteiger partial charge is 0.260 e. The number of methoxy groups -OCH3 is 1. The lowest BCUT2D eigenvalue weighted by Crippen LogP contribution is -2.63. The molecule has 5 nitrogen and oxygen atoms in total. The van der Waals surface area contributed by atoms with E-state index >= 15 is 0 Å². The van der Waals surface area contributed by atoms with E-state index in [1.54, 1.807) is 7.11 Å². The molecule has 1 amide bonds. The second-order valence-corrected chi connectivity index (χ2v) is 7.22. The van der Waals surface area contributed by atoms with Crippen LogP contribution in [0, 0.1) is 0 Å². The molecule has 0 unspecified atom stereocenters. The summed E-state index contributed by atoms with van der Waals surface area (Å²) < 4.78 is 11.1. The highest BCUT2D eigenvalue weighted by atomic mass is 16.5. The number of hydrogen-bond donors (Lipinski definition) is 0. The van der Waals surface area contributed by atoms with Crippen molar-refractivity contribution in [2.24, 2.45) is 0 Å². The van der Waals surface area contributed by atoms with Crippen LogP contribution in [0.1, 0.15) is 12.8 Å². The largest absolute Gasteiger partial charge is 0.484 e. The quantitative estimate of drug-likeness (QED) is 0.828. The molecule has 4 rings (SSSR count). The summed E-state index contributed by atoms with van der Waals surface area (Å²) in [5.41, 5.74) is 0. The van der Waals surface area contributed by atoms with Gasteiger partial charge in [-0.15, -0.1) is 0 Å². The minimum absolute atomic E-state index is 0.0705. The van der Waals surface area contributed by atoms with Gasteiger partial charge >= 0.3 is 0 Å². The third-order valence-electron chi connectivity index (χ3n) is 5.62. The van der Waals surface area contributed by atoms with Crippen molar-refractivity contribution in [2.75, 3.05) is 39.9 Å². The van der Waals surface area contributed by atoms with E-state index in [0.717, 1.165) is 50.2 Å². The van der Waals surface area contributed by atoms with E-state index in [9.17, 15) is 4.79 Å². The fourth-order valence-corrected chi connectivity index (χ4v) is 3.86. The van der Waals surface area contributed by atoms with Crippen LogP contribution in [0.2, 0.25) is 0 Å². The van der Waals surface area contributed by atoms with Crippen LogP contribution in [-0.2, 0) is 9.53 Å². The lowest BCUT2D eigenvalue weighted by Gasteiger charge is -2.47. The van der Waals surface area contributed by atoms with Crippen molar-refractivity contribution in [1.82, 2.24) is 9.80 Å². The molecule has 0 saturated carbocycles. The summed E-state index contributed by atoms with van der Waals surface area (Å²) in [5, 5.41) is 2.30. The van der Waals surface area contributed by atoms with Crippen LogP contribution < -0.4 is 4.74 Å². The zero-order valence-corrected chi connectivity index (χ0v) is 15.3. The van der Waals surface area contributed by atoms with E-state index in [1.807, 2.05) is 35.2 Å². The van der Waals surface area contributed by atoms with Crippen LogP contribution in [-0.4, -0.2) is 67.7 Å². The standard InChI is InChI=1S/C21H26N2O3/c1-25-19-8-10-22(11-9-19)18-13-23(14-18)21(24)15-26-20-7-6-16-4-2-3-5-17(16)12-20/h2-7,12,18-19H,8-11,13-15H2,1H3. The van der Waals surface area contributed by atoms with E-state index in [2.05, 4.69) is 17.0 Å². The van der Waals surface area contributed by atoms with E-state index in [0.29, 0.717) is 12.1 Å². The highest BCUT2D eigenvalue weighted by Gasteiger charge is 2.36. The summed E-state index contributed by atoms with van der Waals surface area (Å²) >= 11 is 0. The summed E-state index contributed by atoms with van der Waals surface area (Å²) in [6.07, 6.45) is 2.58. The Morgan fingerprint density at radius 2 is 1.81 bits per heavy atom. The van der Waals surface area contributed by atoms with Gasteiger partial charge in [-0.3, -0.25) is 9.69 Å². The molecule has 2 aromatic rings. The van der Waals surface area contributed by atoms with Gasteiger partial charge < -0.3 is 14.4 Å². The second-order valence-electron chi connectivity index (χ2n) is 7.22. The Bertz CT molecular complexity index is 765. The summed E-state index contributed by atoms with van der Waals surface area (Å²) in [6, 6.07) is 14.6. The minimum Gasteiger partial charge on any atom is -0.484 e. The highest BCUT2D eigenvalue weighted by molar-refractivity contribution is 5.84. The number of rotatable bonds is 5. The van der Waals surface area contributed by atoms with Gasteiger partial charge in [0.25, 0.3) is 5.91 Å². The molecule has 0 N–H and O–H groups in total. The van der Waals surface area contributed by atoms with Gasteiger partial charge in [0.2, 0.25) is 0 Å². The average Bonchev–Trinajstić information content (AvgIpc) is 2.65. The Morgan fingerprint density at radius 1 is 1.08 bits per heavy atom. The molecule has 2 aliphatic rings. The molecule has 2 saturated heterocycles. The molecule has 5 heteroatoms. The molecule has 0 aliphatic carbocycles.